The average molecular weight is 925 g/mol. The molecule has 24 heteroatoms. The molecule has 64 heavy (non-hydrogen) atoms. The van der Waals surface area contributed by atoms with Crippen molar-refractivity contribution in [2.45, 2.75) is 9.79 Å². The van der Waals surface area contributed by atoms with Gasteiger partial charge in [-0.1, -0.05) is 60.7 Å². The van der Waals surface area contributed by atoms with Gasteiger partial charge in [-0.05, 0) is 59.7 Å². The van der Waals surface area contributed by atoms with Crippen LogP contribution < -0.4 is 90.2 Å². The van der Waals surface area contributed by atoms with Gasteiger partial charge in [0.15, 0.2) is 0 Å². The van der Waals surface area contributed by atoms with Gasteiger partial charge in [0.25, 0.3) is 0 Å². The number of ether oxygens (including phenoxy) is 2. The second-order valence-electron chi connectivity index (χ2n) is 13.7. The number of benzene rings is 4. The van der Waals surface area contributed by atoms with E-state index in [0.717, 1.165) is 23.5 Å². The summed E-state index contributed by atoms with van der Waals surface area (Å²) < 4.78 is 86.6. The Labute approximate surface area is 413 Å². The third-order valence-corrected chi connectivity index (χ3v) is 11.2. The van der Waals surface area contributed by atoms with Gasteiger partial charge in [0.1, 0.15) is 20.2 Å². The van der Waals surface area contributed by atoms with Crippen LogP contribution in [0.25, 0.3) is 12.2 Å². The zero-order chi connectivity index (χ0) is 43.1. The van der Waals surface area contributed by atoms with Crippen molar-refractivity contribution >= 4 is 90.8 Å². The first-order valence-electron chi connectivity index (χ1n) is 19.2. The normalized spacial score (nSPS) is 14.3. The van der Waals surface area contributed by atoms with Crippen molar-refractivity contribution in [1.82, 2.24) is 29.9 Å². The molecule has 0 spiro atoms. The van der Waals surface area contributed by atoms with Crippen LogP contribution in [0, 0.1) is 0 Å². The van der Waals surface area contributed by atoms with E-state index in [0.29, 0.717) is 64.5 Å². The topological polar surface area (TPSA) is 265 Å². The molecule has 4 heterocycles. The summed E-state index contributed by atoms with van der Waals surface area (Å²) in [6, 6.07) is 26.4. The molecule has 0 aliphatic carbocycles. The van der Waals surface area contributed by atoms with Crippen molar-refractivity contribution in [3.63, 3.8) is 0 Å². The number of aromatic nitrogens is 6. The van der Waals surface area contributed by atoms with Crippen LogP contribution in [0.5, 0.6) is 0 Å². The molecule has 0 unspecified atom stereocenters. The Morgan fingerprint density at radius 1 is 0.469 bits per heavy atom. The van der Waals surface area contributed by atoms with E-state index in [1.54, 1.807) is 0 Å². The first-order valence-corrected chi connectivity index (χ1v) is 22.0. The van der Waals surface area contributed by atoms with Gasteiger partial charge in [-0.2, -0.15) is 29.9 Å². The number of hydrogen-bond acceptors (Lipinski definition) is 20. The number of para-hydroxylation sites is 2. The first-order chi connectivity index (χ1) is 29.9. The van der Waals surface area contributed by atoms with E-state index in [4.69, 9.17) is 9.47 Å². The average Bonchev–Trinajstić information content (AvgIpc) is 3.27. The molecule has 2 aliphatic heterocycles. The van der Waals surface area contributed by atoms with Gasteiger partial charge in [-0.15, -0.1) is 0 Å². The number of nitrogens with one attached hydrogen (secondary N) is 4. The van der Waals surface area contributed by atoms with E-state index < -0.39 is 30.0 Å². The molecule has 320 valence electrons. The van der Waals surface area contributed by atoms with Crippen molar-refractivity contribution in [1.29, 1.82) is 0 Å². The summed E-state index contributed by atoms with van der Waals surface area (Å²) in [5, 5.41) is 12.2. The zero-order valence-corrected chi connectivity index (χ0v) is 40.3. The first kappa shape index (κ1) is 48.6. The summed E-state index contributed by atoms with van der Waals surface area (Å²) in [5.41, 5.74) is 1.63. The van der Waals surface area contributed by atoms with Crippen molar-refractivity contribution in [2.75, 3.05) is 83.7 Å². The van der Waals surface area contributed by atoms with Crippen LogP contribution in [-0.4, -0.2) is 108 Å². The molecular weight excluding hydrogens is 887 g/mol. The Balaban J connectivity index is 0.00000340. The Morgan fingerprint density at radius 2 is 0.797 bits per heavy atom. The van der Waals surface area contributed by atoms with Crippen LogP contribution in [0.4, 0.5) is 58.4 Å². The zero-order valence-electron chi connectivity index (χ0n) is 34.7. The molecule has 0 bridgehead atoms. The van der Waals surface area contributed by atoms with Crippen LogP contribution in [-0.2, 0) is 29.7 Å². The Kier molecular flexibility index (Phi) is 16.6. The standard InChI is InChI=1S/C40H40N12O8S2.2Na/c53-61(54,55)33-25-31(43-37-45-35(41-29-7-3-1-4-8-29)47-39(49-37)51-17-21-59-22-18-51)15-13-27(33)11-12-28-14-16-32(26-34(28)62(56,57)58)44-38-46-36(42-30-9-5-2-6-10-30)48-40(50-38)52-19-23-60-24-20-52;;/h1-16,25-26H,17-24H2,(H,53,54,55)(H,56,57,58)(H2,41,43,45,47,49)(H2,42,44,46,48,50);;/q;2*+1/p-2. The van der Waals surface area contributed by atoms with E-state index in [-0.39, 0.29) is 105 Å². The number of hydrogen-bond donors (Lipinski definition) is 4. The fraction of sp³-hybridized carbons (Fsp3) is 0.200. The number of nitrogens with zero attached hydrogens (tertiary/aromatic N) is 8. The second-order valence-corrected chi connectivity index (χ2v) is 16.4. The van der Waals surface area contributed by atoms with Crippen molar-refractivity contribution in [3.05, 3.63) is 108 Å². The summed E-state index contributed by atoms with van der Waals surface area (Å²) in [6.07, 6.45) is 2.46. The third-order valence-electron chi connectivity index (χ3n) is 9.42. The van der Waals surface area contributed by atoms with E-state index in [2.05, 4.69) is 51.2 Å². The molecule has 0 saturated carbocycles. The molecule has 0 amide bonds. The van der Waals surface area contributed by atoms with Crippen molar-refractivity contribution in [3.8, 4) is 0 Å². The second kappa shape index (κ2) is 21.9. The van der Waals surface area contributed by atoms with Crippen LogP contribution in [0.2, 0.25) is 0 Å². The molecule has 4 N–H and O–H groups in total. The molecule has 4 aromatic carbocycles. The van der Waals surface area contributed by atoms with E-state index in [9.17, 15) is 25.9 Å². The molecule has 20 nitrogen and oxygen atoms in total. The molecule has 0 atom stereocenters. The van der Waals surface area contributed by atoms with Gasteiger partial charge in [0, 0.05) is 48.9 Å². The maximum Gasteiger partial charge on any atom is 1.00 e. The van der Waals surface area contributed by atoms with Gasteiger partial charge in [-0.3, -0.25) is 0 Å². The maximum absolute atomic E-state index is 12.6. The van der Waals surface area contributed by atoms with Gasteiger partial charge < -0.3 is 49.6 Å². The predicted molar refractivity (Wildman–Crippen MR) is 229 cm³/mol. The maximum atomic E-state index is 12.6. The monoisotopic (exact) mass is 924 g/mol. The molecule has 8 rings (SSSR count). The van der Waals surface area contributed by atoms with E-state index in [1.165, 1.54) is 36.4 Å². The van der Waals surface area contributed by atoms with Crippen molar-refractivity contribution < 1.29 is 94.5 Å². The number of morpholine rings is 2. The van der Waals surface area contributed by atoms with E-state index >= 15 is 0 Å². The Morgan fingerprint density at radius 3 is 1.12 bits per heavy atom. The van der Waals surface area contributed by atoms with Crippen LogP contribution in [0.1, 0.15) is 11.1 Å². The summed E-state index contributed by atoms with van der Waals surface area (Å²) in [5.74, 6) is 1.26. The Bertz CT molecular complexity index is 2620. The van der Waals surface area contributed by atoms with Crippen LogP contribution in [0.15, 0.2) is 107 Å². The molecular formula is C40H38N12Na2O8S2. The third kappa shape index (κ3) is 12.9. The number of anilines is 10. The molecule has 2 fully saturated rings. The SMILES string of the molecule is O=S(=O)([O-])c1cc(Nc2nc(Nc3ccccc3)nc(N3CCOCC3)n2)ccc1C=Cc1ccc(Nc2nc(Nc3ccccc3)nc(N3CCOCC3)n2)cc1S(=O)(=O)[O-].[Na+].[Na+]. The minimum absolute atomic E-state index is 0. The number of rotatable bonds is 14. The summed E-state index contributed by atoms with van der Waals surface area (Å²) in [6.45, 7) is 4.04. The minimum atomic E-state index is -5.10. The molecule has 6 aromatic rings. The van der Waals surface area contributed by atoms with Crippen molar-refractivity contribution in [2.24, 2.45) is 0 Å². The predicted octanol–water partition coefficient (Wildman–Crippen LogP) is -1.31. The minimum Gasteiger partial charge on any atom is -0.744 e. The van der Waals surface area contributed by atoms with Gasteiger partial charge >= 0.3 is 59.1 Å². The smallest absolute Gasteiger partial charge is 0.744 e. The Hall–Kier alpha value is -4.82. The fourth-order valence-electron chi connectivity index (χ4n) is 6.43. The summed E-state index contributed by atoms with van der Waals surface area (Å²) in [4.78, 5) is 29.7. The van der Waals surface area contributed by atoms with Gasteiger partial charge in [-0.25, -0.2) is 16.8 Å². The van der Waals surface area contributed by atoms with Gasteiger partial charge in [0.05, 0.1) is 36.2 Å². The van der Waals surface area contributed by atoms with Crippen LogP contribution >= 0.6 is 0 Å². The summed E-state index contributed by atoms with van der Waals surface area (Å²) >= 11 is 0. The largest absolute Gasteiger partial charge is 1.00 e. The van der Waals surface area contributed by atoms with E-state index in [1.807, 2.05) is 70.5 Å². The summed E-state index contributed by atoms with van der Waals surface area (Å²) in [7, 11) is -10.2. The quantitative estimate of drug-likeness (QED) is 0.0561. The van der Waals surface area contributed by atoms with Gasteiger partial charge in [0.2, 0.25) is 35.7 Å². The molecule has 2 aliphatic rings. The molecule has 2 aromatic heterocycles. The van der Waals surface area contributed by atoms with Crippen LogP contribution in [0.3, 0.4) is 0 Å². The molecule has 0 radical (unpaired) electrons. The fourth-order valence-corrected chi connectivity index (χ4v) is 7.83. The molecule has 2 saturated heterocycles.